The van der Waals surface area contributed by atoms with Crippen LogP contribution in [0.25, 0.3) is 0 Å². The second kappa shape index (κ2) is 7.29. The van der Waals surface area contributed by atoms with Gasteiger partial charge in [0.1, 0.15) is 12.4 Å². The molecule has 1 aromatic rings. The van der Waals surface area contributed by atoms with Crippen molar-refractivity contribution in [3.8, 4) is 5.75 Å². The molecule has 1 aromatic carbocycles. The first-order valence-corrected chi connectivity index (χ1v) is 7.32. The lowest BCUT2D eigenvalue weighted by molar-refractivity contribution is -0.135. The van der Waals surface area contributed by atoms with Gasteiger partial charge in [0.05, 0.1) is 12.5 Å². The number of carbonyl (C=O) groups is 1. The molecule has 1 N–H and O–H groups in total. The highest BCUT2D eigenvalue weighted by molar-refractivity contribution is 5.78. The van der Waals surface area contributed by atoms with Crippen LogP contribution in [0.4, 0.5) is 0 Å². The summed E-state index contributed by atoms with van der Waals surface area (Å²) in [7, 11) is 1.86. The molecule has 1 aliphatic rings. The molecule has 0 unspecified atom stereocenters. The molecule has 1 amide bonds. The Hall–Kier alpha value is -1.55. The van der Waals surface area contributed by atoms with Gasteiger partial charge in [-0.15, -0.1) is 0 Å². The average molecular weight is 276 g/mol. The van der Waals surface area contributed by atoms with E-state index in [1.807, 2.05) is 31.3 Å². The number of likely N-dealkylation sites (N-methyl/N-ethyl adjacent to an activating group) is 1. The summed E-state index contributed by atoms with van der Waals surface area (Å²) in [4.78, 5) is 14.0. The molecule has 1 saturated heterocycles. The van der Waals surface area contributed by atoms with Crippen LogP contribution in [0.2, 0.25) is 0 Å². The monoisotopic (exact) mass is 276 g/mol. The Balaban J connectivity index is 1.72. The summed E-state index contributed by atoms with van der Waals surface area (Å²) in [6.45, 7) is 5.05. The maximum Gasteiger partial charge on any atom is 0.226 e. The first-order chi connectivity index (χ1) is 9.66. The molecule has 1 atom stereocenters. The van der Waals surface area contributed by atoms with Crippen LogP contribution < -0.4 is 10.1 Å². The van der Waals surface area contributed by atoms with Crippen molar-refractivity contribution >= 4 is 5.91 Å². The molecule has 0 aromatic heterocycles. The third-order valence-electron chi connectivity index (χ3n) is 3.74. The van der Waals surface area contributed by atoms with Crippen molar-refractivity contribution in [2.75, 3.05) is 33.3 Å². The van der Waals surface area contributed by atoms with E-state index in [9.17, 15) is 4.79 Å². The quantitative estimate of drug-likeness (QED) is 0.892. The van der Waals surface area contributed by atoms with Crippen molar-refractivity contribution in [2.45, 2.75) is 19.8 Å². The lowest BCUT2D eigenvalue weighted by Crippen LogP contribution is -2.42. The van der Waals surface area contributed by atoms with Crippen LogP contribution in [-0.2, 0) is 4.79 Å². The lowest BCUT2D eigenvalue weighted by atomic mass is 9.98. The third-order valence-corrected chi connectivity index (χ3v) is 3.74. The van der Waals surface area contributed by atoms with Crippen LogP contribution in [0.5, 0.6) is 5.75 Å². The van der Waals surface area contributed by atoms with E-state index >= 15 is 0 Å². The Kier molecular flexibility index (Phi) is 5.41. The Labute approximate surface area is 121 Å². The highest BCUT2D eigenvalue weighted by Gasteiger charge is 2.23. The van der Waals surface area contributed by atoms with E-state index in [2.05, 4.69) is 12.2 Å². The first-order valence-electron chi connectivity index (χ1n) is 7.32. The van der Waals surface area contributed by atoms with Crippen molar-refractivity contribution in [2.24, 2.45) is 5.92 Å². The van der Waals surface area contributed by atoms with Gasteiger partial charge in [-0.05, 0) is 38.4 Å². The van der Waals surface area contributed by atoms with Crippen molar-refractivity contribution in [3.05, 3.63) is 29.8 Å². The van der Waals surface area contributed by atoms with Gasteiger partial charge in [-0.1, -0.05) is 17.7 Å². The fraction of sp³-hybridized carbons (Fsp3) is 0.562. The van der Waals surface area contributed by atoms with Crippen LogP contribution in [0, 0.1) is 12.8 Å². The lowest BCUT2D eigenvalue weighted by Gasteiger charge is -2.27. The average Bonchev–Trinajstić information content (AvgIpc) is 2.49. The Morgan fingerprint density at radius 1 is 1.40 bits per heavy atom. The molecule has 1 heterocycles. The molecular weight excluding hydrogens is 252 g/mol. The largest absolute Gasteiger partial charge is 0.492 e. The zero-order valence-corrected chi connectivity index (χ0v) is 12.4. The summed E-state index contributed by atoms with van der Waals surface area (Å²) in [5, 5.41) is 3.28. The highest BCUT2D eigenvalue weighted by atomic mass is 16.5. The van der Waals surface area contributed by atoms with Crippen LogP contribution in [-0.4, -0.2) is 44.1 Å². The van der Waals surface area contributed by atoms with Crippen LogP contribution in [0.15, 0.2) is 24.3 Å². The van der Waals surface area contributed by atoms with Gasteiger partial charge in [-0.25, -0.2) is 0 Å². The smallest absolute Gasteiger partial charge is 0.226 e. The minimum Gasteiger partial charge on any atom is -0.492 e. The maximum absolute atomic E-state index is 12.2. The molecule has 0 bridgehead atoms. The molecule has 4 nitrogen and oxygen atoms in total. The molecule has 2 rings (SSSR count). The SMILES string of the molecule is Cc1ccc(OCCN(C)C(=O)[C@@H]2CCCNC2)cc1. The number of nitrogens with one attached hydrogen (secondary N) is 1. The predicted octanol–water partition coefficient (Wildman–Crippen LogP) is 1.83. The van der Waals surface area contributed by atoms with Gasteiger partial charge in [0.15, 0.2) is 0 Å². The van der Waals surface area contributed by atoms with Crippen molar-refractivity contribution in [3.63, 3.8) is 0 Å². The van der Waals surface area contributed by atoms with E-state index in [0.717, 1.165) is 31.7 Å². The minimum absolute atomic E-state index is 0.133. The van der Waals surface area contributed by atoms with E-state index in [1.165, 1.54) is 5.56 Å². The van der Waals surface area contributed by atoms with Crippen LogP contribution in [0.3, 0.4) is 0 Å². The minimum atomic E-state index is 0.133. The van der Waals surface area contributed by atoms with Crippen LogP contribution >= 0.6 is 0 Å². The first kappa shape index (κ1) is 14.9. The molecule has 0 spiro atoms. The van der Waals surface area contributed by atoms with Gasteiger partial charge < -0.3 is 15.0 Å². The predicted molar refractivity (Wildman–Crippen MR) is 79.9 cm³/mol. The van der Waals surface area contributed by atoms with Gasteiger partial charge in [0.25, 0.3) is 0 Å². The molecule has 110 valence electrons. The zero-order chi connectivity index (χ0) is 14.4. The normalized spacial score (nSPS) is 18.6. The topological polar surface area (TPSA) is 41.6 Å². The van der Waals surface area contributed by atoms with Crippen LogP contribution in [0.1, 0.15) is 18.4 Å². The van der Waals surface area contributed by atoms with Gasteiger partial charge in [-0.2, -0.15) is 0 Å². The van der Waals surface area contributed by atoms with Gasteiger partial charge in [0, 0.05) is 13.6 Å². The number of hydrogen-bond donors (Lipinski definition) is 1. The van der Waals surface area contributed by atoms with Gasteiger partial charge in [0.2, 0.25) is 5.91 Å². The molecule has 1 fully saturated rings. The van der Waals surface area contributed by atoms with Crippen molar-refractivity contribution < 1.29 is 9.53 Å². The fourth-order valence-corrected chi connectivity index (χ4v) is 2.42. The van der Waals surface area contributed by atoms with E-state index < -0.39 is 0 Å². The summed E-state index contributed by atoms with van der Waals surface area (Å²) >= 11 is 0. The number of nitrogens with zero attached hydrogens (tertiary/aromatic N) is 1. The number of benzene rings is 1. The van der Waals surface area contributed by atoms with E-state index in [1.54, 1.807) is 4.90 Å². The number of carbonyl (C=O) groups excluding carboxylic acids is 1. The second-order valence-corrected chi connectivity index (χ2v) is 5.46. The fourth-order valence-electron chi connectivity index (χ4n) is 2.42. The molecule has 0 aliphatic carbocycles. The number of aryl methyl sites for hydroxylation is 1. The third kappa shape index (κ3) is 4.23. The summed E-state index contributed by atoms with van der Waals surface area (Å²) in [5.74, 6) is 1.22. The molecule has 0 radical (unpaired) electrons. The van der Waals surface area contributed by atoms with Crippen molar-refractivity contribution in [1.29, 1.82) is 0 Å². The van der Waals surface area contributed by atoms with E-state index in [4.69, 9.17) is 4.74 Å². The van der Waals surface area contributed by atoms with Gasteiger partial charge in [-0.3, -0.25) is 4.79 Å². The summed E-state index contributed by atoms with van der Waals surface area (Å²) in [6, 6.07) is 7.97. The van der Waals surface area contributed by atoms with Gasteiger partial charge >= 0.3 is 0 Å². The number of piperidine rings is 1. The summed E-state index contributed by atoms with van der Waals surface area (Å²) in [5.41, 5.74) is 1.22. The zero-order valence-electron chi connectivity index (χ0n) is 12.4. The number of rotatable bonds is 5. The van der Waals surface area contributed by atoms with E-state index in [-0.39, 0.29) is 11.8 Å². The Bertz CT molecular complexity index is 425. The maximum atomic E-state index is 12.2. The number of ether oxygens (including phenoxy) is 1. The molecule has 1 aliphatic heterocycles. The Morgan fingerprint density at radius 3 is 2.80 bits per heavy atom. The molecule has 4 heteroatoms. The molecule has 20 heavy (non-hydrogen) atoms. The molecule has 0 saturated carbocycles. The summed E-state index contributed by atoms with van der Waals surface area (Å²) in [6.07, 6.45) is 2.08. The van der Waals surface area contributed by atoms with E-state index in [0.29, 0.717) is 13.2 Å². The Morgan fingerprint density at radius 2 is 2.15 bits per heavy atom. The van der Waals surface area contributed by atoms with Crippen molar-refractivity contribution in [1.82, 2.24) is 10.2 Å². The summed E-state index contributed by atoms with van der Waals surface area (Å²) < 4.78 is 5.66. The number of amides is 1. The standard InChI is InChI=1S/C16H24N2O2/c1-13-5-7-15(8-6-13)20-11-10-18(2)16(19)14-4-3-9-17-12-14/h5-8,14,17H,3-4,9-12H2,1-2H3/t14-/m1/s1. The highest BCUT2D eigenvalue weighted by Crippen LogP contribution is 2.13. The number of hydrogen-bond acceptors (Lipinski definition) is 3. The second-order valence-electron chi connectivity index (χ2n) is 5.46. The molecular formula is C16H24N2O2.